The summed E-state index contributed by atoms with van der Waals surface area (Å²) in [5.74, 6) is 0.609. The van der Waals surface area contributed by atoms with Crippen LogP contribution in [0.2, 0.25) is 0 Å². The Morgan fingerprint density at radius 2 is 2.15 bits per heavy atom. The van der Waals surface area contributed by atoms with Crippen molar-refractivity contribution >= 4 is 5.91 Å². The van der Waals surface area contributed by atoms with Crippen LogP contribution in [0.15, 0.2) is 0 Å². The van der Waals surface area contributed by atoms with Gasteiger partial charge in [-0.2, -0.15) is 0 Å². The molecule has 0 aromatic heterocycles. The van der Waals surface area contributed by atoms with Crippen molar-refractivity contribution in [3.63, 3.8) is 0 Å². The molecule has 0 unspecified atom stereocenters. The second-order valence-electron chi connectivity index (χ2n) is 5.93. The minimum Gasteiger partial charge on any atom is -0.381 e. The summed E-state index contributed by atoms with van der Waals surface area (Å²) >= 11 is 0. The second kappa shape index (κ2) is 6.41. The van der Waals surface area contributed by atoms with Crippen LogP contribution in [0.4, 0.5) is 0 Å². The molecule has 0 spiro atoms. The largest absolute Gasteiger partial charge is 0.381 e. The Labute approximate surface area is 120 Å². The standard InChI is InChI=1S/C15H25NO4/c1-2-18-10-11-5-6-12-14(11)20-9-7-16(12)15(17)13-4-3-8-19-13/h11-14H,2-10H2,1H3/t11-,12+,13-,14-/m0/s1. The van der Waals surface area contributed by atoms with E-state index in [2.05, 4.69) is 0 Å². The summed E-state index contributed by atoms with van der Waals surface area (Å²) in [6, 6.07) is 0.228. The zero-order chi connectivity index (χ0) is 13.9. The number of rotatable bonds is 4. The van der Waals surface area contributed by atoms with Gasteiger partial charge in [0.1, 0.15) is 6.10 Å². The molecule has 2 saturated heterocycles. The summed E-state index contributed by atoms with van der Waals surface area (Å²) in [6.07, 6.45) is 3.93. The summed E-state index contributed by atoms with van der Waals surface area (Å²) in [7, 11) is 0. The minimum absolute atomic E-state index is 0.153. The Kier molecular flexibility index (Phi) is 4.58. The lowest BCUT2D eigenvalue weighted by Crippen LogP contribution is -2.55. The van der Waals surface area contributed by atoms with Gasteiger partial charge in [0.2, 0.25) is 0 Å². The molecular weight excluding hydrogens is 258 g/mol. The highest BCUT2D eigenvalue weighted by Crippen LogP contribution is 2.35. The number of ether oxygens (including phenoxy) is 3. The molecule has 1 aliphatic carbocycles. The van der Waals surface area contributed by atoms with Crippen molar-refractivity contribution < 1.29 is 19.0 Å². The number of fused-ring (bicyclic) bond motifs is 1. The number of hydrogen-bond donors (Lipinski definition) is 0. The lowest BCUT2D eigenvalue weighted by molar-refractivity contribution is -0.156. The van der Waals surface area contributed by atoms with E-state index < -0.39 is 0 Å². The summed E-state index contributed by atoms with van der Waals surface area (Å²) in [4.78, 5) is 14.6. The fraction of sp³-hybridized carbons (Fsp3) is 0.933. The van der Waals surface area contributed by atoms with E-state index in [-0.39, 0.29) is 24.2 Å². The number of amides is 1. The van der Waals surface area contributed by atoms with Gasteiger partial charge >= 0.3 is 0 Å². The fourth-order valence-electron chi connectivity index (χ4n) is 3.74. The van der Waals surface area contributed by atoms with Crippen LogP contribution in [0.3, 0.4) is 0 Å². The Hall–Kier alpha value is -0.650. The second-order valence-corrected chi connectivity index (χ2v) is 5.93. The molecule has 1 amide bonds. The van der Waals surface area contributed by atoms with Crippen LogP contribution in [0.5, 0.6) is 0 Å². The van der Waals surface area contributed by atoms with Crippen LogP contribution in [0, 0.1) is 5.92 Å². The van der Waals surface area contributed by atoms with Crippen molar-refractivity contribution in [2.24, 2.45) is 5.92 Å². The molecule has 114 valence electrons. The fourth-order valence-corrected chi connectivity index (χ4v) is 3.74. The molecule has 3 aliphatic rings. The van der Waals surface area contributed by atoms with E-state index in [0.29, 0.717) is 19.1 Å². The highest BCUT2D eigenvalue weighted by Gasteiger charge is 2.45. The molecule has 5 heteroatoms. The van der Waals surface area contributed by atoms with Gasteiger partial charge in [0.15, 0.2) is 0 Å². The average molecular weight is 283 g/mol. The number of nitrogens with zero attached hydrogens (tertiary/aromatic N) is 1. The van der Waals surface area contributed by atoms with Gasteiger partial charge in [-0.25, -0.2) is 0 Å². The highest BCUT2D eigenvalue weighted by molar-refractivity contribution is 5.81. The van der Waals surface area contributed by atoms with Crippen molar-refractivity contribution in [3.8, 4) is 0 Å². The predicted octanol–water partition coefficient (Wildman–Crippen LogP) is 1.21. The Morgan fingerprint density at radius 3 is 2.90 bits per heavy atom. The lowest BCUT2D eigenvalue weighted by atomic mass is 10.0. The van der Waals surface area contributed by atoms with Gasteiger partial charge in [-0.3, -0.25) is 4.79 Å². The van der Waals surface area contributed by atoms with E-state index >= 15 is 0 Å². The van der Waals surface area contributed by atoms with E-state index in [9.17, 15) is 4.79 Å². The molecule has 0 N–H and O–H groups in total. The smallest absolute Gasteiger partial charge is 0.252 e. The highest BCUT2D eigenvalue weighted by atomic mass is 16.5. The van der Waals surface area contributed by atoms with E-state index in [1.165, 1.54) is 0 Å². The molecular formula is C15H25NO4. The van der Waals surface area contributed by atoms with Gasteiger partial charge in [-0.05, 0) is 32.6 Å². The zero-order valence-electron chi connectivity index (χ0n) is 12.3. The number of carbonyl (C=O) groups excluding carboxylic acids is 1. The minimum atomic E-state index is -0.209. The first kappa shape index (κ1) is 14.3. The van der Waals surface area contributed by atoms with Crippen LogP contribution in [-0.2, 0) is 19.0 Å². The third-order valence-electron chi connectivity index (χ3n) is 4.74. The van der Waals surface area contributed by atoms with Crippen molar-refractivity contribution in [2.75, 3.05) is 33.0 Å². The normalized spacial score (nSPS) is 37.1. The maximum absolute atomic E-state index is 12.6. The Bertz CT molecular complexity index is 343. The summed E-state index contributed by atoms with van der Waals surface area (Å²) in [5, 5.41) is 0. The van der Waals surface area contributed by atoms with Crippen molar-refractivity contribution in [1.29, 1.82) is 0 Å². The molecule has 2 heterocycles. The van der Waals surface area contributed by atoms with Crippen LogP contribution in [0.25, 0.3) is 0 Å². The van der Waals surface area contributed by atoms with Crippen LogP contribution >= 0.6 is 0 Å². The maximum Gasteiger partial charge on any atom is 0.252 e. The van der Waals surface area contributed by atoms with Gasteiger partial charge in [0.05, 0.1) is 25.4 Å². The summed E-state index contributed by atoms with van der Waals surface area (Å²) in [5.41, 5.74) is 0. The van der Waals surface area contributed by atoms with Crippen LogP contribution in [0.1, 0.15) is 32.6 Å². The van der Waals surface area contributed by atoms with Crippen molar-refractivity contribution in [1.82, 2.24) is 4.90 Å². The zero-order valence-corrected chi connectivity index (χ0v) is 12.3. The van der Waals surface area contributed by atoms with E-state index in [0.717, 1.165) is 45.5 Å². The number of morpholine rings is 1. The molecule has 1 saturated carbocycles. The summed E-state index contributed by atoms with van der Waals surface area (Å²) < 4.78 is 17.0. The van der Waals surface area contributed by atoms with E-state index in [1.54, 1.807) is 0 Å². The predicted molar refractivity (Wildman–Crippen MR) is 73.4 cm³/mol. The molecule has 0 radical (unpaired) electrons. The van der Waals surface area contributed by atoms with E-state index in [4.69, 9.17) is 14.2 Å². The summed E-state index contributed by atoms with van der Waals surface area (Å²) in [6.45, 7) is 5.58. The third-order valence-corrected chi connectivity index (χ3v) is 4.74. The molecule has 0 bridgehead atoms. The molecule has 0 aromatic rings. The number of carbonyl (C=O) groups is 1. The van der Waals surface area contributed by atoms with Crippen LogP contribution in [-0.4, -0.2) is 62.0 Å². The average Bonchev–Trinajstić information content (AvgIpc) is 3.13. The maximum atomic E-state index is 12.6. The molecule has 2 aliphatic heterocycles. The lowest BCUT2D eigenvalue weighted by Gasteiger charge is -2.40. The van der Waals surface area contributed by atoms with E-state index in [1.807, 2.05) is 11.8 Å². The van der Waals surface area contributed by atoms with Crippen molar-refractivity contribution in [3.05, 3.63) is 0 Å². The van der Waals surface area contributed by atoms with Crippen molar-refractivity contribution in [2.45, 2.75) is 50.9 Å². The first-order valence-corrected chi connectivity index (χ1v) is 7.92. The Balaban J connectivity index is 1.63. The molecule has 5 nitrogen and oxygen atoms in total. The monoisotopic (exact) mass is 283 g/mol. The SMILES string of the molecule is CCOC[C@@H]1CC[C@@H]2[C@H]1OCCN2C(=O)[C@@H]1CCCO1. The molecule has 0 aromatic carbocycles. The number of hydrogen-bond acceptors (Lipinski definition) is 4. The Morgan fingerprint density at radius 1 is 1.25 bits per heavy atom. The topological polar surface area (TPSA) is 48.0 Å². The molecule has 20 heavy (non-hydrogen) atoms. The third kappa shape index (κ3) is 2.71. The first-order valence-electron chi connectivity index (χ1n) is 7.92. The quantitative estimate of drug-likeness (QED) is 0.778. The van der Waals surface area contributed by atoms with Gasteiger partial charge in [0, 0.05) is 25.7 Å². The molecule has 3 rings (SSSR count). The first-order chi connectivity index (χ1) is 9.81. The molecule has 4 atom stereocenters. The van der Waals surface area contributed by atoms with Gasteiger partial charge in [-0.15, -0.1) is 0 Å². The van der Waals surface area contributed by atoms with Crippen LogP contribution < -0.4 is 0 Å². The van der Waals surface area contributed by atoms with Gasteiger partial charge in [0.25, 0.3) is 5.91 Å². The van der Waals surface area contributed by atoms with Gasteiger partial charge < -0.3 is 19.1 Å². The molecule has 3 fully saturated rings. The van der Waals surface area contributed by atoms with Gasteiger partial charge in [-0.1, -0.05) is 0 Å².